The van der Waals surface area contributed by atoms with Crippen LogP contribution in [0.25, 0.3) is 0 Å². The van der Waals surface area contributed by atoms with Gasteiger partial charge in [0.2, 0.25) is 0 Å². The van der Waals surface area contributed by atoms with Crippen LogP contribution >= 0.6 is 0 Å². The lowest BCUT2D eigenvalue weighted by molar-refractivity contribution is -0.698. The summed E-state index contributed by atoms with van der Waals surface area (Å²) < 4.78 is 4.99. The van der Waals surface area contributed by atoms with Crippen molar-refractivity contribution < 1.29 is 9.13 Å². The van der Waals surface area contributed by atoms with Gasteiger partial charge in [-0.2, -0.15) is 0 Å². The number of nitrogens with two attached hydrogens (primary N) is 2. The van der Waals surface area contributed by atoms with Gasteiger partial charge in [-0.3, -0.25) is 0 Å². The Morgan fingerprint density at radius 2 is 0.797 bits per heavy atom. The first-order chi connectivity index (χ1) is 31.8. The van der Waals surface area contributed by atoms with Crippen LogP contribution in [0.4, 0.5) is 0 Å². The van der Waals surface area contributed by atoms with Gasteiger partial charge < -0.3 is 22.1 Å². The minimum absolute atomic E-state index is 0.594. The molecule has 0 aliphatic carbocycles. The number of aryl methyl sites for hydroxylation is 2. The van der Waals surface area contributed by atoms with E-state index in [4.69, 9.17) is 11.5 Å². The molecule has 0 saturated carbocycles. The van der Waals surface area contributed by atoms with E-state index in [9.17, 15) is 0 Å². The van der Waals surface area contributed by atoms with Gasteiger partial charge in [-0.15, -0.1) is 0 Å². The average molecular weight is 892 g/mol. The third-order valence-corrected chi connectivity index (χ3v) is 13.8. The van der Waals surface area contributed by atoms with Gasteiger partial charge in [-0.1, -0.05) is 187 Å². The van der Waals surface area contributed by atoms with Crippen molar-refractivity contribution in [1.29, 1.82) is 0 Å². The maximum atomic E-state index is 5.61. The van der Waals surface area contributed by atoms with Crippen molar-refractivity contribution in [2.24, 2.45) is 11.5 Å². The molecule has 2 heterocycles. The first kappa shape index (κ1) is 58.3. The summed E-state index contributed by atoms with van der Waals surface area (Å²) in [4.78, 5) is 0. The van der Waals surface area contributed by atoms with Crippen LogP contribution < -0.4 is 31.2 Å². The number of unbranched alkanes of at least 4 members (excludes halogenated alkanes) is 31. The molecule has 0 bridgehead atoms. The fraction of sp³-hybridized carbons (Fsp3) is 0.828. The van der Waals surface area contributed by atoms with Gasteiger partial charge in [0.15, 0.2) is 24.8 Å². The highest BCUT2D eigenvalue weighted by Crippen LogP contribution is 2.26. The highest BCUT2D eigenvalue weighted by Gasteiger charge is 2.18. The lowest BCUT2D eigenvalue weighted by Crippen LogP contribution is -2.34. The number of pyridine rings is 2. The van der Waals surface area contributed by atoms with Crippen molar-refractivity contribution in [1.82, 2.24) is 10.6 Å². The normalized spacial score (nSPS) is 12.1. The molecular formula is C58H110N6+2. The Labute approximate surface area is 399 Å². The minimum Gasteiger partial charge on any atom is -0.330 e. The van der Waals surface area contributed by atoms with E-state index in [1.54, 1.807) is 5.56 Å². The largest absolute Gasteiger partial charge is 0.330 e. The van der Waals surface area contributed by atoms with Gasteiger partial charge in [-0.05, 0) is 109 Å². The Morgan fingerprint density at radius 3 is 1.30 bits per heavy atom. The van der Waals surface area contributed by atoms with E-state index in [-0.39, 0.29) is 0 Å². The lowest BCUT2D eigenvalue weighted by atomic mass is 9.88. The molecule has 370 valence electrons. The van der Waals surface area contributed by atoms with Crippen LogP contribution in [-0.4, -0.2) is 39.3 Å². The summed E-state index contributed by atoms with van der Waals surface area (Å²) in [6, 6.07) is 9.46. The minimum atomic E-state index is 0.594. The molecule has 0 spiro atoms. The standard InChI is InChI=1S/C58H110N6/c1-2-3-4-5-6-21-26-31-41-57(53-56-40-36-51-63(54-56)49-34-29-24-19-15-11-8-7-9-13-17-22-27-32-43-59)58-42-37-52-64(55-58)50-35-30-25-20-16-12-10-14-18-23-28-33-45-61-47-39-48-62-46-38-44-60/h36-37,40,42,51-52,54-55,57,61-62H,2-35,38-39,41,43-50,53,59-60H2,1H3/q+2. The van der Waals surface area contributed by atoms with E-state index in [0.29, 0.717) is 5.92 Å². The van der Waals surface area contributed by atoms with Crippen molar-refractivity contribution in [2.75, 3.05) is 39.3 Å². The maximum absolute atomic E-state index is 5.61. The molecule has 0 aliphatic rings. The monoisotopic (exact) mass is 891 g/mol. The summed E-state index contributed by atoms with van der Waals surface area (Å²) in [6.45, 7) is 10.8. The fourth-order valence-corrected chi connectivity index (χ4v) is 9.64. The van der Waals surface area contributed by atoms with E-state index in [2.05, 4.69) is 75.7 Å². The number of rotatable bonds is 50. The Bertz CT molecular complexity index is 1240. The van der Waals surface area contributed by atoms with Gasteiger partial charge >= 0.3 is 0 Å². The average Bonchev–Trinajstić information content (AvgIpc) is 3.31. The predicted octanol–water partition coefficient (Wildman–Crippen LogP) is 14.1. The molecule has 1 atom stereocenters. The zero-order valence-electron chi connectivity index (χ0n) is 42.8. The molecule has 6 heteroatoms. The zero-order chi connectivity index (χ0) is 45.5. The second kappa shape index (κ2) is 46.3. The molecule has 0 radical (unpaired) electrons. The molecular weight excluding hydrogens is 781 g/mol. The third kappa shape index (κ3) is 36.3. The molecule has 0 aromatic carbocycles. The van der Waals surface area contributed by atoms with E-state index in [0.717, 1.165) is 58.7 Å². The lowest BCUT2D eigenvalue weighted by Gasteiger charge is -2.16. The highest BCUT2D eigenvalue weighted by atomic mass is 14.9. The zero-order valence-corrected chi connectivity index (χ0v) is 42.8. The van der Waals surface area contributed by atoms with Gasteiger partial charge in [0.05, 0.1) is 0 Å². The Kier molecular flexibility index (Phi) is 42.1. The van der Waals surface area contributed by atoms with Gasteiger partial charge in [0.1, 0.15) is 13.1 Å². The van der Waals surface area contributed by atoms with E-state index in [1.807, 2.05) is 0 Å². The quantitative estimate of drug-likeness (QED) is 0.0394. The van der Waals surface area contributed by atoms with E-state index < -0.39 is 0 Å². The summed E-state index contributed by atoms with van der Waals surface area (Å²) in [5, 5.41) is 7.06. The number of nitrogens with zero attached hydrogens (tertiary/aromatic N) is 2. The van der Waals surface area contributed by atoms with Gasteiger partial charge in [0, 0.05) is 36.1 Å². The molecule has 0 saturated heterocycles. The van der Waals surface area contributed by atoms with Crippen LogP contribution in [0.3, 0.4) is 0 Å². The number of aromatic nitrogens is 2. The molecule has 1 unspecified atom stereocenters. The van der Waals surface area contributed by atoms with Crippen LogP contribution in [0.2, 0.25) is 0 Å². The summed E-state index contributed by atoms with van der Waals surface area (Å²) in [5.74, 6) is 0.594. The second-order valence-corrected chi connectivity index (χ2v) is 20.0. The number of hydrogen-bond acceptors (Lipinski definition) is 4. The first-order valence-corrected chi connectivity index (χ1v) is 28.5. The van der Waals surface area contributed by atoms with Crippen molar-refractivity contribution in [3.63, 3.8) is 0 Å². The summed E-state index contributed by atoms with van der Waals surface area (Å²) in [6.07, 6.45) is 61.6. The summed E-state index contributed by atoms with van der Waals surface area (Å²) in [5.41, 5.74) is 14.2. The number of nitrogens with one attached hydrogen (secondary N) is 2. The smallest absolute Gasteiger partial charge is 0.172 e. The first-order valence-electron chi connectivity index (χ1n) is 28.5. The van der Waals surface area contributed by atoms with Crippen molar-refractivity contribution in [3.8, 4) is 0 Å². The van der Waals surface area contributed by atoms with Crippen LogP contribution in [0.1, 0.15) is 262 Å². The van der Waals surface area contributed by atoms with Crippen LogP contribution in [0.5, 0.6) is 0 Å². The molecule has 2 aromatic heterocycles. The summed E-state index contributed by atoms with van der Waals surface area (Å²) in [7, 11) is 0. The Morgan fingerprint density at radius 1 is 0.406 bits per heavy atom. The second-order valence-electron chi connectivity index (χ2n) is 20.0. The van der Waals surface area contributed by atoms with Gasteiger partial charge in [0.25, 0.3) is 0 Å². The predicted molar refractivity (Wildman–Crippen MR) is 280 cm³/mol. The van der Waals surface area contributed by atoms with Crippen LogP contribution in [0, 0.1) is 0 Å². The fourth-order valence-electron chi connectivity index (χ4n) is 9.64. The molecule has 0 amide bonds. The van der Waals surface area contributed by atoms with E-state index >= 15 is 0 Å². The van der Waals surface area contributed by atoms with E-state index in [1.165, 1.54) is 243 Å². The van der Waals surface area contributed by atoms with Crippen molar-refractivity contribution in [3.05, 3.63) is 60.2 Å². The topological polar surface area (TPSA) is 83.9 Å². The maximum Gasteiger partial charge on any atom is 0.172 e. The molecule has 0 fully saturated rings. The van der Waals surface area contributed by atoms with Crippen LogP contribution in [-0.2, 0) is 19.5 Å². The highest BCUT2D eigenvalue weighted by molar-refractivity contribution is 5.17. The van der Waals surface area contributed by atoms with Crippen LogP contribution in [0.15, 0.2) is 49.1 Å². The summed E-state index contributed by atoms with van der Waals surface area (Å²) >= 11 is 0. The molecule has 2 aromatic rings. The number of hydrogen-bond donors (Lipinski definition) is 4. The third-order valence-electron chi connectivity index (χ3n) is 13.8. The Hall–Kier alpha value is -1.86. The Balaban J connectivity index is 1.64. The molecule has 6 nitrogen and oxygen atoms in total. The molecule has 6 N–H and O–H groups in total. The van der Waals surface area contributed by atoms with Crippen molar-refractivity contribution in [2.45, 2.75) is 270 Å². The molecule has 64 heavy (non-hydrogen) atoms. The SMILES string of the molecule is CCCCCCCCCCC(Cc1ccc[n+](CCCCCCCCCCCCCCCCN)c1)c1ccc[n+](CCCCCCCCCCCCCCNCCCNCCCN)c1. The molecule has 2 rings (SSSR count). The van der Waals surface area contributed by atoms with Crippen molar-refractivity contribution >= 4 is 0 Å². The van der Waals surface area contributed by atoms with Gasteiger partial charge in [-0.25, -0.2) is 9.13 Å². The molecule has 0 aliphatic heterocycles.